The van der Waals surface area contributed by atoms with Gasteiger partial charge in [0.15, 0.2) is 6.54 Å². The van der Waals surface area contributed by atoms with Crippen molar-refractivity contribution < 1.29 is 46.3 Å². The van der Waals surface area contributed by atoms with Crippen molar-refractivity contribution in [3.05, 3.63) is 81.8 Å². The number of carboxylic acid groups (broad SMARTS) is 1. The van der Waals surface area contributed by atoms with Crippen molar-refractivity contribution in [3.63, 3.8) is 0 Å². The molecule has 2 aromatic heterocycles. The number of carbonyl (C=O) groups excluding carboxylic acids is 3. The number of amides is 3. The minimum atomic E-state index is -4.82. The van der Waals surface area contributed by atoms with Crippen molar-refractivity contribution >= 4 is 62.2 Å². The van der Waals surface area contributed by atoms with E-state index in [1.165, 1.54) is 42.6 Å². The number of alkyl halides is 3. The third-order valence-corrected chi connectivity index (χ3v) is 12.0. The number of anilines is 1. The molecule has 0 aliphatic carbocycles. The van der Waals surface area contributed by atoms with Crippen LogP contribution in [-0.4, -0.2) is 146 Å². The largest absolute Gasteiger partial charge is 0.0834 e. The first-order chi connectivity index (χ1) is 27.6. The fraction of sp³-hybridized carbons (Fsp3) is 0.421. The van der Waals surface area contributed by atoms with Crippen LogP contribution in [0, 0.1) is 17.7 Å². The van der Waals surface area contributed by atoms with E-state index in [0.717, 1.165) is 19.6 Å². The van der Waals surface area contributed by atoms with Crippen LogP contribution in [0.25, 0.3) is 11.3 Å². The van der Waals surface area contributed by atoms with Gasteiger partial charge in [-0.15, -0.1) is 0 Å². The number of aliphatic carboxylic acids is 1. The Balaban J connectivity index is 0.933. The van der Waals surface area contributed by atoms with Gasteiger partial charge >= 0.3 is 158 Å². The quantitative estimate of drug-likeness (QED) is 0.0868. The predicted molar refractivity (Wildman–Crippen MR) is 204 cm³/mol. The van der Waals surface area contributed by atoms with Crippen molar-refractivity contribution in [2.24, 2.45) is 11.8 Å². The van der Waals surface area contributed by atoms with E-state index in [1.807, 2.05) is 5.10 Å². The molecule has 3 saturated heterocycles. The van der Waals surface area contributed by atoms with Gasteiger partial charge in [0, 0.05) is 69.6 Å². The van der Waals surface area contributed by atoms with E-state index in [4.69, 9.17) is 11.6 Å². The number of benzene rings is 2. The molecule has 20 heteroatoms. The molecule has 58 heavy (non-hydrogen) atoms. The van der Waals surface area contributed by atoms with E-state index in [1.54, 1.807) is 9.80 Å². The summed E-state index contributed by atoms with van der Waals surface area (Å²) in [5.74, 6) is -2.56. The number of aromatic amines is 2. The molecular weight excluding hydrogens is 849 g/mol. The van der Waals surface area contributed by atoms with E-state index in [2.05, 4.69) is 42.6 Å². The number of carboxylic acids is 1. The SMILES string of the molecule is O=C(O)C[N+]1(CC2CNC2)CCC(C(=O)N2CCN(C(=O)c3ccc(NC(=O)c4ncc(Cc5c(-c6ccc([As])cc6F)n[nH]c5C(F)(F)F)[nH]4)cc3Cl)CC2)CC1. The molecule has 2 aromatic carbocycles. The van der Waals surface area contributed by atoms with Crippen LogP contribution >= 0.6 is 11.6 Å². The van der Waals surface area contributed by atoms with E-state index in [-0.39, 0.29) is 68.9 Å². The Kier molecular flexibility index (Phi) is 12.0. The van der Waals surface area contributed by atoms with Crippen LogP contribution in [0.4, 0.5) is 23.2 Å². The van der Waals surface area contributed by atoms with E-state index in [9.17, 15) is 41.8 Å². The van der Waals surface area contributed by atoms with Gasteiger partial charge in [0.2, 0.25) is 5.91 Å². The first-order valence-electron chi connectivity index (χ1n) is 18.7. The number of carbonyl (C=O) groups is 4. The van der Waals surface area contributed by atoms with Crippen molar-refractivity contribution in [3.8, 4) is 11.3 Å². The summed E-state index contributed by atoms with van der Waals surface area (Å²) < 4.78 is 57.5. The third-order valence-electron chi connectivity index (χ3n) is 11.1. The smallest absolute Gasteiger partial charge is 0.0798 e. The third kappa shape index (κ3) is 9.09. The van der Waals surface area contributed by atoms with Crippen LogP contribution in [0.5, 0.6) is 0 Å². The summed E-state index contributed by atoms with van der Waals surface area (Å²) >= 11 is 8.66. The van der Waals surface area contributed by atoms with Crippen molar-refractivity contribution in [1.29, 1.82) is 0 Å². The van der Waals surface area contributed by atoms with Gasteiger partial charge in [-0.2, -0.15) is 0 Å². The Morgan fingerprint density at radius 2 is 1.72 bits per heavy atom. The monoisotopic (exact) mass is 888 g/mol. The number of aromatic nitrogens is 4. The Labute approximate surface area is 343 Å². The number of piperazine rings is 1. The first-order valence-corrected chi connectivity index (χ1v) is 20.0. The topological polar surface area (TPSA) is 176 Å². The molecule has 3 amide bonds. The first kappa shape index (κ1) is 41.4. The Bertz CT molecular complexity index is 2210. The van der Waals surface area contributed by atoms with Gasteiger partial charge in [-0.1, -0.05) is 11.6 Å². The van der Waals surface area contributed by atoms with E-state index in [0.29, 0.717) is 66.9 Å². The summed E-state index contributed by atoms with van der Waals surface area (Å²) in [4.78, 5) is 61.9. The number of nitrogens with one attached hydrogen (secondary N) is 4. The standard InChI is InChI=1S/C38H39AsClF4N9O5/c39-23-1-3-27(30(41)13-23)32-28(33(50-49-32)38(42,43)44)14-25-18-46-34(47-25)35(56)48-24-2-4-26(29(40)15-24)37(58)52-9-7-51(8-10-52)36(57)22-5-11-53(12-6-22,20-31(54)55)19-21-16-45-17-21/h1-4,13,15,18,21-22,45H,5-12,14,16-17,19-20H2,(H3-,46,47,48,49,50,54,55,56,58)/p+1. The number of rotatable bonds is 11. The van der Waals surface area contributed by atoms with Gasteiger partial charge in [-0.05, 0) is 18.2 Å². The number of halogens is 5. The maximum Gasteiger partial charge on any atom is 0.0798 e. The Morgan fingerprint density at radius 3 is 2.34 bits per heavy atom. The zero-order valence-corrected chi connectivity index (χ0v) is 33.7. The molecule has 3 fully saturated rings. The normalized spacial score (nSPS) is 20.1. The maximum absolute atomic E-state index is 14.8. The molecule has 14 nitrogen and oxygen atoms in total. The summed E-state index contributed by atoms with van der Waals surface area (Å²) in [5, 5.41) is 21.2. The second-order valence-corrected chi connectivity index (χ2v) is 16.6. The molecule has 3 aliphatic rings. The van der Waals surface area contributed by atoms with Crippen molar-refractivity contribution in [2.45, 2.75) is 25.4 Å². The van der Waals surface area contributed by atoms with Gasteiger partial charge in [0.1, 0.15) is 0 Å². The molecule has 5 heterocycles. The molecule has 5 N–H and O–H groups in total. The number of hydrogen-bond acceptors (Lipinski definition) is 7. The molecule has 7 rings (SSSR count). The molecule has 0 unspecified atom stereocenters. The number of imidazole rings is 1. The number of nitrogens with zero attached hydrogens (tertiary/aromatic N) is 5. The molecule has 0 spiro atoms. The van der Waals surface area contributed by atoms with Crippen LogP contribution in [0.3, 0.4) is 0 Å². The van der Waals surface area contributed by atoms with Crippen LogP contribution in [0.1, 0.15) is 50.8 Å². The Hall–Kier alpha value is -4.77. The average molecular weight is 889 g/mol. The van der Waals surface area contributed by atoms with Gasteiger partial charge < -0.3 is 24.7 Å². The number of quaternary nitrogens is 1. The maximum atomic E-state index is 14.8. The number of likely N-dealkylation sites (tertiary alicyclic amines) is 1. The number of hydrogen-bond donors (Lipinski definition) is 5. The molecule has 3 aliphatic heterocycles. The molecular formula is C38H40AsClF4N9O5+. The molecule has 0 bridgehead atoms. The summed E-state index contributed by atoms with van der Waals surface area (Å²) in [5.41, 5.74) is -1.28. The summed E-state index contributed by atoms with van der Waals surface area (Å²) in [7, 11) is 0. The van der Waals surface area contributed by atoms with Crippen molar-refractivity contribution in [1.82, 2.24) is 35.3 Å². The Morgan fingerprint density at radius 1 is 1.02 bits per heavy atom. The minimum Gasteiger partial charge on any atom is -0.0834 e. The average Bonchev–Trinajstić information content (AvgIpc) is 3.81. The van der Waals surface area contributed by atoms with E-state index >= 15 is 0 Å². The van der Waals surface area contributed by atoms with Crippen LogP contribution in [0.2, 0.25) is 5.02 Å². The summed E-state index contributed by atoms with van der Waals surface area (Å²) in [6.07, 6.45) is -2.77. The van der Waals surface area contributed by atoms with Crippen molar-refractivity contribution in [2.75, 3.05) is 70.8 Å². The predicted octanol–water partition coefficient (Wildman–Crippen LogP) is 3.06. The molecule has 0 saturated carbocycles. The second kappa shape index (κ2) is 16.8. The fourth-order valence-corrected chi connectivity index (χ4v) is 8.70. The van der Waals surface area contributed by atoms with Gasteiger partial charge in [0.05, 0.1) is 30.2 Å². The van der Waals surface area contributed by atoms with Gasteiger partial charge in [-0.3, -0.25) is 9.59 Å². The minimum absolute atomic E-state index is 0.0294. The number of piperidine rings is 1. The zero-order valence-electron chi connectivity index (χ0n) is 31.0. The van der Waals surface area contributed by atoms with Crippen LogP contribution in [-0.2, 0) is 22.2 Å². The summed E-state index contributed by atoms with van der Waals surface area (Å²) in [6, 6.07) is 8.39. The van der Waals surface area contributed by atoms with E-state index < -0.39 is 36.0 Å². The van der Waals surface area contributed by atoms with Crippen LogP contribution < -0.4 is 15.0 Å². The molecule has 0 atom stereocenters. The van der Waals surface area contributed by atoms with Crippen LogP contribution in [0.15, 0.2) is 42.6 Å². The molecule has 2 radical (unpaired) electrons. The van der Waals surface area contributed by atoms with Gasteiger partial charge in [-0.25, -0.2) is 4.79 Å². The zero-order chi connectivity index (χ0) is 41.4. The van der Waals surface area contributed by atoms with Gasteiger partial charge in [0.25, 0.3) is 5.91 Å². The molecule has 4 aromatic rings. The number of H-pyrrole nitrogens is 2. The molecule has 306 valence electrons. The fourth-order valence-electron chi connectivity index (χ4n) is 8.04. The summed E-state index contributed by atoms with van der Waals surface area (Å²) in [6.45, 7) is 5.22. The second-order valence-electron chi connectivity index (χ2n) is 15.1.